The summed E-state index contributed by atoms with van der Waals surface area (Å²) in [5.41, 5.74) is 0. The van der Waals surface area contributed by atoms with E-state index in [1.807, 2.05) is 0 Å². The van der Waals surface area contributed by atoms with Crippen LogP contribution in [0.3, 0.4) is 0 Å². The zero-order valence-electron chi connectivity index (χ0n) is 12.8. The smallest absolute Gasteiger partial charge is 0.191 e. The summed E-state index contributed by atoms with van der Waals surface area (Å²) in [7, 11) is -2.75. The standard InChI is InChI=1S/C13H32O2Si2/c1-7-14-16(5,6)13-11-12-15-17(8-2,9-3)10-4/h7-13H2,1-6H3. The lowest BCUT2D eigenvalue weighted by Gasteiger charge is -2.29. The predicted octanol–water partition coefficient (Wildman–Crippen LogP) is 4.64. The molecule has 0 aromatic carbocycles. The molecule has 0 aliphatic carbocycles. The van der Waals surface area contributed by atoms with Gasteiger partial charge in [0.05, 0.1) is 0 Å². The number of hydrogen-bond acceptors (Lipinski definition) is 2. The van der Waals surface area contributed by atoms with Crippen molar-refractivity contribution in [1.82, 2.24) is 0 Å². The molecule has 0 aromatic heterocycles. The van der Waals surface area contributed by atoms with Crippen LogP contribution in [0.4, 0.5) is 0 Å². The maximum absolute atomic E-state index is 6.26. The van der Waals surface area contributed by atoms with Crippen LogP contribution in [0.5, 0.6) is 0 Å². The van der Waals surface area contributed by atoms with Gasteiger partial charge in [0.1, 0.15) is 0 Å². The van der Waals surface area contributed by atoms with Crippen molar-refractivity contribution in [2.45, 2.75) is 71.4 Å². The first-order valence-corrected chi connectivity index (χ1v) is 12.9. The van der Waals surface area contributed by atoms with Crippen LogP contribution in [-0.2, 0) is 8.85 Å². The Morgan fingerprint density at radius 2 is 1.35 bits per heavy atom. The molecule has 0 fully saturated rings. The zero-order chi connectivity index (χ0) is 13.4. The van der Waals surface area contributed by atoms with Crippen LogP contribution in [0.25, 0.3) is 0 Å². The fraction of sp³-hybridized carbons (Fsp3) is 1.00. The molecule has 0 aliphatic rings. The summed E-state index contributed by atoms with van der Waals surface area (Å²) in [5, 5.41) is 0. The van der Waals surface area contributed by atoms with Crippen LogP contribution in [0.1, 0.15) is 34.1 Å². The second-order valence-electron chi connectivity index (χ2n) is 5.39. The number of hydrogen-bond donors (Lipinski definition) is 0. The predicted molar refractivity (Wildman–Crippen MR) is 81.7 cm³/mol. The molecule has 0 atom stereocenters. The van der Waals surface area contributed by atoms with E-state index in [1.54, 1.807) is 0 Å². The first-order chi connectivity index (χ1) is 7.95. The molecule has 0 heterocycles. The minimum Gasteiger partial charge on any atom is -0.418 e. The fourth-order valence-electron chi connectivity index (χ4n) is 2.31. The first-order valence-electron chi connectivity index (χ1n) is 7.23. The van der Waals surface area contributed by atoms with Gasteiger partial charge in [0.2, 0.25) is 0 Å². The van der Waals surface area contributed by atoms with Crippen molar-refractivity contribution in [3.05, 3.63) is 0 Å². The molecule has 0 saturated carbocycles. The lowest BCUT2D eigenvalue weighted by atomic mass is 10.5. The van der Waals surface area contributed by atoms with Gasteiger partial charge in [-0.15, -0.1) is 0 Å². The molecule has 17 heavy (non-hydrogen) atoms. The van der Waals surface area contributed by atoms with E-state index < -0.39 is 16.6 Å². The third kappa shape index (κ3) is 6.74. The summed E-state index contributed by atoms with van der Waals surface area (Å²) in [4.78, 5) is 0. The minimum atomic E-state index is -1.39. The van der Waals surface area contributed by atoms with Crippen molar-refractivity contribution in [3.63, 3.8) is 0 Å². The first kappa shape index (κ1) is 17.4. The normalized spacial score (nSPS) is 13.1. The molecule has 0 bridgehead atoms. The average Bonchev–Trinajstić information content (AvgIpc) is 2.30. The molecule has 0 aromatic rings. The third-order valence-electron chi connectivity index (χ3n) is 3.80. The van der Waals surface area contributed by atoms with Crippen molar-refractivity contribution in [2.24, 2.45) is 0 Å². The van der Waals surface area contributed by atoms with Crippen LogP contribution in [0.2, 0.25) is 37.3 Å². The van der Waals surface area contributed by atoms with Crippen molar-refractivity contribution >= 4 is 16.6 Å². The fourth-order valence-corrected chi connectivity index (χ4v) is 6.92. The Hall–Kier alpha value is 0.354. The maximum Gasteiger partial charge on any atom is 0.191 e. The van der Waals surface area contributed by atoms with Crippen LogP contribution < -0.4 is 0 Å². The van der Waals surface area contributed by atoms with E-state index in [2.05, 4.69) is 40.8 Å². The van der Waals surface area contributed by atoms with Gasteiger partial charge in [-0.3, -0.25) is 0 Å². The van der Waals surface area contributed by atoms with E-state index in [0.29, 0.717) is 0 Å². The number of rotatable bonds is 10. The highest BCUT2D eigenvalue weighted by atomic mass is 28.4. The van der Waals surface area contributed by atoms with Gasteiger partial charge >= 0.3 is 0 Å². The highest BCUT2D eigenvalue weighted by molar-refractivity contribution is 6.73. The summed E-state index contributed by atoms with van der Waals surface area (Å²) in [6.45, 7) is 15.4. The van der Waals surface area contributed by atoms with Gasteiger partial charge in [0, 0.05) is 13.2 Å². The van der Waals surface area contributed by atoms with E-state index in [1.165, 1.54) is 30.6 Å². The topological polar surface area (TPSA) is 18.5 Å². The van der Waals surface area contributed by atoms with Crippen molar-refractivity contribution in [1.29, 1.82) is 0 Å². The van der Waals surface area contributed by atoms with E-state index in [0.717, 1.165) is 13.2 Å². The van der Waals surface area contributed by atoms with Crippen molar-refractivity contribution in [3.8, 4) is 0 Å². The quantitative estimate of drug-likeness (QED) is 0.427. The molecular formula is C13H32O2Si2. The Bertz CT molecular complexity index is 184. The van der Waals surface area contributed by atoms with Crippen LogP contribution >= 0.6 is 0 Å². The summed E-state index contributed by atoms with van der Waals surface area (Å²) >= 11 is 0. The van der Waals surface area contributed by atoms with Crippen molar-refractivity contribution in [2.75, 3.05) is 13.2 Å². The molecule has 104 valence electrons. The van der Waals surface area contributed by atoms with E-state index in [4.69, 9.17) is 8.85 Å². The molecule has 0 saturated heterocycles. The highest BCUT2D eigenvalue weighted by Gasteiger charge is 2.29. The molecule has 0 aliphatic heterocycles. The summed E-state index contributed by atoms with van der Waals surface area (Å²) in [6.07, 6.45) is 1.17. The third-order valence-corrected chi connectivity index (χ3v) is 11.1. The molecule has 2 nitrogen and oxygen atoms in total. The molecule has 0 unspecified atom stereocenters. The average molecular weight is 277 g/mol. The van der Waals surface area contributed by atoms with Gasteiger partial charge in [-0.25, -0.2) is 0 Å². The molecule has 0 spiro atoms. The minimum absolute atomic E-state index is 0.859. The molecule has 0 amide bonds. The second kappa shape index (κ2) is 8.45. The Labute approximate surface area is 110 Å². The van der Waals surface area contributed by atoms with Crippen LogP contribution in [0.15, 0.2) is 0 Å². The van der Waals surface area contributed by atoms with Gasteiger partial charge < -0.3 is 8.85 Å². The van der Waals surface area contributed by atoms with Gasteiger partial charge in [0.15, 0.2) is 16.6 Å². The largest absolute Gasteiger partial charge is 0.418 e. The maximum atomic E-state index is 6.26. The molecular weight excluding hydrogens is 244 g/mol. The van der Waals surface area contributed by atoms with Crippen LogP contribution in [0, 0.1) is 0 Å². The zero-order valence-corrected chi connectivity index (χ0v) is 14.8. The highest BCUT2D eigenvalue weighted by Crippen LogP contribution is 2.22. The summed E-state index contributed by atoms with van der Waals surface area (Å²) < 4.78 is 12.1. The van der Waals surface area contributed by atoms with Gasteiger partial charge in [0.25, 0.3) is 0 Å². The Balaban J connectivity index is 3.90. The molecule has 0 rings (SSSR count). The second-order valence-corrected chi connectivity index (χ2v) is 14.5. The Morgan fingerprint density at radius 1 is 0.824 bits per heavy atom. The van der Waals surface area contributed by atoms with Crippen LogP contribution in [-0.4, -0.2) is 29.8 Å². The molecule has 0 N–H and O–H groups in total. The van der Waals surface area contributed by atoms with E-state index >= 15 is 0 Å². The molecule has 0 radical (unpaired) electrons. The summed E-state index contributed by atoms with van der Waals surface area (Å²) in [5.74, 6) is 0. The Morgan fingerprint density at radius 3 is 1.76 bits per heavy atom. The van der Waals surface area contributed by atoms with Gasteiger partial charge in [-0.05, 0) is 50.6 Å². The van der Waals surface area contributed by atoms with Crippen molar-refractivity contribution < 1.29 is 8.85 Å². The lowest BCUT2D eigenvalue weighted by Crippen LogP contribution is -2.37. The monoisotopic (exact) mass is 276 g/mol. The van der Waals surface area contributed by atoms with E-state index in [-0.39, 0.29) is 0 Å². The SMILES string of the molecule is CCO[Si](C)(C)CCCO[Si](CC)(CC)CC. The molecule has 4 heteroatoms. The van der Waals surface area contributed by atoms with Gasteiger partial charge in [-0.2, -0.15) is 0 Å². The summed E-state index contributed by atoms with van der Waals surface area (Å²) in [6, 6.07) is 4.99. The van der Waals surface area contributed by atoms with E-state index in [9.17, 15) is 0 Å². The lowest BCUT2D eigenvalue weighted by molar-refractivity contribution is 0.288. The Kier molecular flexibility index (Phi) is 8.63. The van der Waals surface area contributed by atoms with Gasteiger partial charge in [-0.1, -0.05) is 20.8 Å².